The van der Waals surface area contributed by atoms with Crippen LogP contribution in [0.4, 0.5) is 0 Å². The Balaban J connectivity index is 2.09. The molecule has 17 heavy (non-hydrogen) atoms. The molecule has 1 aliphatic rings. The van der Waals surface area contributed by atoms with Crippen molar-refractivity contribution in [1.29, 1.82) is 0 Å². The lowest BCUT2D eigenvalue weighted by molar-refractivity contribution is -0.140. The molecule has 1 atom stereocenters. The van der Waals surface area contributed by atoms with Gasteiger partial charge >= 0.3 is 5.97 Å². The number of nitrogens with one attached hydrogen (secondary N) is 1. The quantitative estimate of drug-likeness (QED) is 0.673. The zero-order valence-corrected chi connectivity index (χ0v) is 10.4. The van der Waals surface area contributed by atoms with Crippen molar-refractivity contribution in [2.24, 2.45) is 5.92 Å². The first kappa shape index (κ1) is 14.0. The van der Waals surface area contributed by atoms with Gasteiger partial charge in [-0.3, -0.25) is 9.59 Å². The fourth-order valence-electron chi connectivity index (χ4n) is 1.90. The van der Waals surface area contributed by atoms with Crippen LogP contribution in [0, 0.1) is 5.92 Å². The highest BCUT2D eigenvalue weighted by Crippen LogP contribution is 2.09. The van der Waals surface area contributed by atoms with E-state index in [1.54, 1.807) is 6.92 Å². The Morgan fingerprint density at radius 2 is 1.94 bits per heavy atom. The maximum absolute atomic E-state index is 11.7. The van der Waals surface area contributed by atoms with E-state index in [1.165, 1.54) is 6.42 Å². The van der Waals surface area contributed by atoms with Crippen molar-refractivity contribution in [3.05, 3.63) is 0 Å². The fraction of sp³-hybridized carbons (Fsp3) is 0.833. The predicted octanol–water partition coefficient (Wildman–Crippen LogP) is 0.699. The molecule has 0 radical (unpaired) electrons. The van der Waals surface area contributed by atoms with Gasteiger partial charge in [-0.25, -0.2) is 0 Å². The Morgan fingerprint density at radius 1 is 1.29 bits per heavy atom. The lowest BCUT2D eigenvalue weighted by Crippen LogP contribution is -2.37. The summed E-state index contributed by atoms with van der Waals surface area (Å²) in [7, 11) is 0. The monoisotopic (exact) mass is 242 g/mol. The molecule has 0 aliphatic carbocycles. The number of rotatable bonds is 6. The molecule has 1 aliphatic heterocycles. The lowest BCUT2D eigenvalue weighted by atomic mass is 10.1. The number of carboxylic acids is 1. The van der Waals surface area contributed by atoms with Crippen molar-refractivity contribution in [2.45, 2.75) is 32.6 Å². The highest BCUT2D eigenvalue weighted by Gasteiger charge is 2.16. The number of nitrogens with zero attached hydrogens (tertiary/aromatic N) is 1. The maximum Gasteiger partial charge on any atom is 0.307 e. The Bertz CT molecular complexity index is 262. The molecule has 0 bridgehead atoms. The van der Waals surface area contributed by atoms with Crippen LogP contribution in [0.1, 0.15) is 32.6 Å². The largest absolute Gasteiger partial charge is 0.481 e. The second kappa shape index (κ2) is 7.27. The van der Waals surface area contributed by atoms with Crippen molar-refractivity contribution < 1.29 is 14.7 Å². The highest BCUT2D eigenvalue weighted by atomic mass is 16.4. The number of amides is 1. The van der Waals surface area contributed by atoms with Crippen molar-refractivity contribution in [2.75, 3.05) is 26.2 Å². The molecule has 1 rings (SSSR count). The normalized spacial score (nSPS) is 17.8. The van der Waals surface area contributed by atoms with E-state index in [4.69, 9.17) is 5.11 Å². The Kier molecular flexibility index (Phi) is 5.97. The number of hydrogen-bond acceptors (Lipinski definition) is 3. The first-order valence-corrected chi connectivity index (χ1v) is 6.32. The third-order valence-electron chi connectivity index (χ3n) is 3.10. The van der Waals surface area contributed by atoms with E-state index in [2.05, 4.69) is 5.32 Å². The van der Waals surface area contributed by atoms with Gasteiger partial charge in [0.25, 0.3) is 0 Å². The average molecular weight is 242 g/mol. The molecule has 0 saturated carbocycles. The number of aliphatic carboxylic acids is 1. The van der Waals surface area contributed by atoms with Crippen LogP contribution < -0.4 is 5.32 Å². The average Bonchev–Trinajstić information content (AvgIpc) is 2.35. The minimum Gasteiger partial charge on any atom is -0.481 e. The van der Waals surface area contributed by atoms with Crippen LogP contribution >= 0.6 is 0 Å². The second-order valence-corrected chi connectivity index (χ2v) is 4.63. The summed E-state index contributed by atoms with van der Waals surface area (Å²) in [5.41, 5.74) is 0. The summed E-state index contributed by atoms with van der Waals surface area (Å²) in [5, 5.41) is 11.7. The third-order valence-corrected chi connectivity index (χ3v) is 3.10. The molecule has 5 heteroatoms. The molecular weight excluding hydrogens is 220 g/mol. The van der Waals surface area contributed by atoms with Crippen LogP contribution in [0.5, 0.6) is 0 Å². The Morgan fingerprint density at radius 3 is 2.53 bits per heavy atom. The number of carbonyl (C=O) groups excluding carboxylic acids is 1. The van der Waals surface area contributed by atoms with E-state index >= 15 is 0 Å². The number of piperidine rings is 1. The van der Waals surface area contributed by atoms with E-state index < -0.39 is 11.9 Å². The summed E-state index contributed by atoms with van der Waals surface area (Å²) in [6, 6.07) is 0. The molecule has 5 nitrogen and oxygen atoms in total. The maximum atomic E-state index is 11.7. The van der Waals surface area contributed by atoms with E-state index in [9.17, 15) is 9.59 Å². The van der Waals surface area contributed by atoms with Crippen LogP contribution in [0.3, 0.4) is 0 Å². The molecule has 0 spiro atoms. The van der Waals surface area contributed by atoms with Gasteiger partial charge in [0.2, 0.25) is 5.91 Å². The lowest BCUT2D eigenvalue weighted by Gasteiger charge is -2.26. The summed E-state index contributed by atoms with van der Waals surface area (Å²) >= 11 is 0. The van der Waals surface area contributed by atoms with Crippen molar-refractivity contribution in [3.8, 4) is 0 Å². The molecule has 0 aromatic heterocycles. The zero-order valence-electron chi connectivity index (χ0n) is 10.4. The molecule has 1 heterocycles. The molecule has 1 saturated heterocycles. The number of carbonyl (C=O) groups is 2. The first-order chi connectivity index (χ1) is 8.11. The van der Waals surface area contributed by atoms with Crippen LogP contribution in [0.2, 0.25) is 0 Å². The summed E-state index contributed by atoms with van der Waals surface area (Å²) in [6.45, 7) is 4.39. The smallest absolute Gasteiger partial charge is 0.307 e. The summed E-state index contributed by atoms with van der Waals surface area (Å²) < 4.78 is 0. The SMILES string of the molecule is CC(CNCCC(=O)N1CCCCC1)C(=O)O. The molecule has 1 unspecified atom stereocenters. The van der Waals surface area contributed by atoms with Gasteiger partial charge in [-0.05, 0) is 19.3 Å². The van der Waals surface area contributed by atoms with Gasteiger partial charge in [0, 0.05) is 32.6 Å². The Labute approximate surface area is 102 Å². The molecular formula is C12H22N2O3. The molecule has 2 N–H and O–H groups in total. The molecule has 1 fully saturated rings. The zero-order chi connectivity index (χ0) is 12.7. The minimum absolute atomic E-state index is 0.181. The summed E-state index contributed by atoms with van der Waals surface area (Å²) in [5.74, 6) is -1.03. The van der Waals surface area contributed by atoms with Gasteiger partial charge in [0.1, 0.15) is 0 Å². The second-order valence-electron chi connectivity index (χ2n) is 4.63. The van der Waals surface area contributed by atoms with E-state index in [0.717, 1.165) is 25.9 Å². The summed E-state index contributed by atoms with van der Waals surface area (Å²) in [4.78, 5) is 24.2. The molecule has 0 aromatic carbocycles. The fourth-order valence-corrected chi connectivity index (χ4v) is 1.90. The standard InChI is InChI=1S/C12H22N2O3/c1-10(12(16)17)9-13-6-5-11(15)14-7-3-2-4-8-14/h10,13H,2-9H2,1H3,(H,16,17). The van der Waals surface area contributed by atoms with Gasteiger partial charge in [0.15, 0.2) is 0 Å². The van der Waals surface area contributed by atoms with Crippen LogP contribution in [0.15, 0.2) is 0 Å². The van der Waals surface area contributed by atoms with Gasteiger partial charge in [-0.1, -0.05) is 6.92 Å². The van der Waals surface area contributed by atoms with Crippen LogP contribution in [-0.2, 0) is 9.59 Å². The molecule has 1 amide bonds. The first-order valence-electron chi connectivity index (χ1n) is 6.32. The van der Waals surface area contributed by atoms with Gasteiger partial charge in [-0.15, -0.1) is 0 Å². The number of carboxylic acid groups (broad SMARTS) is 1. The van der Waals surface area contributed by atoms with E-state index in [0.29, 0.717) is 19.5 Å². The van der Waals surface area contributed by atoms with Gasteiger partial charge < -0.3 is 15.3 Å². The summed E-state index contributed by atoms with van der Waals surface area (Å²) in [6.07, 6.45) is 3.90. The Hall–Kier alpha value is -1.10. The molecule has 98 valence electrons. The van der Waals surface area contributed by atoms with Crippen molar-refractivity contribution in [3.63, 3.8) is 0 Å². The topological polar surface area (TPSA) is 69.6 Å². The van der Waals surface area contributed by atoms with Crippen LogP contribution in [-0.4, -0.2) is 48.1 Å². The van der Waals surface area contributed by atoms with Crippen molar-refractivity contribution in [1.82, 2.24) is 10.2 Å². The number of hydrogen-bond donors (Lipinski definition) is 2. The third kappa shape index (κ3) is 5.17. The van der Waals surface area contributed by atoms with E-state index in [-0.39, 0.29) is 5.91 Å². The van der Waals surface area contributed by atoms with Gasteiger partial charge in [0.05, 0.1) is 5.92 Å². The van der Waals surface area contributed by atoms with E-state index in [1.807, 2.05) is 4.90 Å². The predicted molar refractivity (Wildman–Crippen MR) is 64.7 cm³/mol. The van der Waals surface area contributed by atoms with Crippen LogP contribution in [0.25, 0.3) is 0 Å². The molecule has 0 aromatic rings. The number of likely N-dealkylation sites (tertiary alicyclic amines) is 1. The van der Waals surface area contributed by atoms with Crippen molar-refractivity contribution >= 4 is 11.9 Å². The highest BCUT2D eigenvalue weighted by molar-refractivity contribution is 5.76. The minimum atomic E-state index is -0.806. The van der Waals surface area contributed by atoms with Gasteiger partial charge in [-0.2, -0.15) is 0 Å².